The fraction of sp³-hybridized carbons (Fsp3) is 0.387. The minimum absolute atomic E-state index is 0.0144. The van der Waals surface area contributed by atoms with Gasteiger partial charge in [-0.05, 0) is 67.3 Å². The molecular weight excluding hydrogens is 531 g/mol. The van der Waals surface area contributed by atoms with Gasteiger partial charge in [-0.2, -0.15) is 8.42 Å². The third-order valence-corrected chi connectivity index (χ3v) is 7.66. The molecule has 0 radical (unpaired) electrons. The van der Waals surface area contributed by atoms with Gasteiger partial charge >= 0.3 is 10.1 Å². The lowest BCUT2D eigenvalue weighted by Crippen LogP contribution is -2.33. The van der Waals surface area contributed by atoms with E-state index < -0.39 is 10.1 Å². The summed E-state index contributed by atoms with van der Waals surface area (Å²) < 4.78 is 51.0. The smallest absolute Gasteiger partial charge is 0.339 e. The molecule has 3 rings (SSSR count). The number of ether oxygens (including phenoxy) is 1. The van der Waals surface area contributed by atoms with E-state index in [0.717, 1.165) is 24.3 Å². The maximum Gasteiger partial charge on any atom is 0.339 e. The van der Waals surface area contributed by atoms with Crippen molar-refractivity contribution >= 4 is 21.7 Å². The lowest BCUT2D eigenvalue weighted by molar-refractivity contribution is -0.134. The van der Waals surface area contributed by atoms with Crippen LogP contribution in [0.2, 0.25) is 0 Å². The van der Waals surface area contributed by atoms with Gasteiger partial charge < -0.3 is 18.7 Å². The van der Waals surface area contributed by atoms with E-state index in [9.17, 15) is 17.6 Å². The molecule has 0 bridgehead atoms. The zero-order valence-corrected chi connectivity index (χ0v) is 24.9. The second kappa shape index (κ2) is 13.2. The zero-order valence-electron chi connectivity index (χ0n) is 24.1. The highest BCUT2D eigenvalue weighted by Crippen LogP contribution is 2.31. The minimum Gasteiger partial charge on any atom is -0.497 e. The monoisotopic (exact) mass is 570 g/mol. The van der Waals surface area contributed by atoms with Gasteiger partial charge in [0.1, 0.15) is 22.2 Å². The predicted octanol–water partition coefficient (Wildman–Crippen LogP) is 6.41. The van der Waals surface area contributed by atoms with Crippen molar-refractivity contribution < 1.29 is 26.5 Å². The van der Waals surface area contributed by atoms with Crippen molar-refractivity contribution in [3.05, 3.63) is 83.7 Å². The van der Waals surface area contributed by atoms with Crippen molar-refractivity contribution in [1.29, 1.82) is 0 Å². The highest BCUT2D eigenvalue weighted by Gasteiger charge is 2.25. The first-order chi connectivity index (χ1) is 18.8. The number of methoxy groups -OCH3 is 1. The normalized spacial score (nSPS) is 11.7. The standard InChI is InChI=1S/C31H39FN2O5S/c1-7-33(8-2)26-14-11-24(29(19-26)39-40(36,37)28-17-15-27(38-6)16-18-28)22-34(30(35)20-31(3,4)5)21-23-9-12-25(32)13-10-23/h9-19H,7-8,20-22H2,1-6H3. The number of benzene rings is 3. The largest absolute Gasteiger partial charge is 0.497 e. The number of rotatable bonds is 12. The van der Waals surface area contributed by atoms with E-state index in [2.05, 4.69) is 4.90 Å². The van der Waals surface area contributed by atoms with Crippen LogP contribution in [0.5, 0.6) is 11.5 Å². The number of nitrogens with zero attached hydrogens (tertiary/aromatic N) is 2. The molecule has 216 valence electrons. The van der Waals surface area contributed by atoms with Crippen molar-refractivity contribution in [2.45, 2.75) is 59.0 Å². The van der Waals surface area contributed by atoms with Crippen LogP contribution in [-0.2, 0) is 28.0 Å². The molecule has 0 unspecified atom stereocenters. The highest BCUT2D eigenvalue weighted by molar-refractivity contribution is 7.87. The summed E-state index contributed by atoms with van der Waals surface area (Å²) in [6, 6.07) is 17.4. The van der Waals surface area contributed by atoms with Gasteiger partial charge in [0.05, 0.1) is 7.11 Å². The quantitative estimate of drug-likeness (QED) is 0.234. The topological polar surface area (TPSA) is 76.2 Å². The fourth-order valence-corrected chi connectivity index (χ4v) is 5.22. The Balaban J connectivity index is 2.03. The Morgan fingerprint density at radius 1 is 0.900 bits per heavy atom. The molecule has 0 heterocycles. The SMILES string of the molecule is CCN(CC)c1ccc(CN(Cc2ccc(F)cc2)C(=O)CC(C)(C)C)c(OS(=O)(=O)c2ccc(OC)cc2)c1. The molecule has 0 saturated carbocycles. The first-order valence-corrected chi connectivity index (χ1v) is 14.7. The Morgan fingerprint density at radius 3 is 2.08 bits per heavy atom. The number of carbonyl (C=O) groups is 1. The summed E-state index contributed by atoms with van der Waals surface area (Å²) >= 11 is 0. The van der Waals surface area contributed by atoms with Gasteiger partial charge in [-0.25, -0.2) is 4.39 Å². The molecule has 0 fully saturated rings. The molecule has 0 saturated heterocycles. The van der Waals surface area contributed by atoms with E-state index in [1.165, 1.54) is 31.4 Å². The maximum absolute atomic E-state index is 13.5. The van der Waals surface area contributed by atoms with Crippen LogP contribution in [-0.4, -0.2) is 39.4 Å². The van der Waals surface area contributed by atoms with E-state index in [4.69, 9.17) is 8.92 Å². The molecule has 3 aromatic rings. The maximum atomic E-state index is 13.5. The van der Waals surface area contributed by atoms with E-state index >= 15 is 0 Å². The molecule has 7 nitrogen and oxygen atoms in total. The summed E-state index contributed by atoms with van der Waals surface area (Å²) in [5.74, 6) is 0.209. The highest BCUT2D eigenvalue weighted by atomic mass is 32.2. The first kappa shape index (κ1) is 30.9. The molecule has 0 aliphatic rings. The Kier molecular flexibility index (Phi) is 10.2. The van der Waals surface area contributed by atoms with E-state index in [0.29, 0.717) is 11.3 Å². The Labute approximate surface area is 237 Å². The van der Waals surface area contributed by atoms with E-state index in [-0.39, 0.29) is 47.3 Å². The van der Waals surface area contributed by atoms with Gasteiger partial charge in [0.2, 0.25) is 5.91 Å². The molecular formula is C31H39FN2O5S. The van der Waals surface area contributed by atoms with Gasteiger partial charge in [0.25, 0.3) is 0 Å². The number of carbonyl (C=O) groups excluding carboxylic acids is 1. The summed E-state index contributed by atoms with van der Waals surface area (Å²) in [5, 5.41) is 0. The lowest BCUT2D eigenvalue weighted by Gasteiger charge is -2.28. The molecule has 0 N–H and O–H groups in total. The predicted molar refractivity (Wildman–Crippen MR) is 156 cm³/mol. The number of amides is 1. The molecule has 0 aliphatic carbocycles. The van der Waals surface area contributed by atoms with Gasteiger partial charge in [-0.3, -0.25) is 4.79 Å². The summed E-state index contributed by atoms with van der Waals surface area (Å²) in [6.45, 7) is 11.8. The van der Waals surface area contributed by atoms with Crippen LogP contribution in [0.25, 0.3) is 0 Å². The van der Waals surface area contributed by atoms with Crippen molar-refractivity contribution in [3.63, 3.8) is 0 Å². The van der Waals surface area contributed by atoms with Crippen LogP contribution >= 0.6 is 0 Å². The number of halogens is 1. The van der Waals surface area contributed by atoms with Gasteiger partial charge in [-0.1, -0.05) is 39.0 Å². The van der Waals surface area contributed by atoms with Crippen LogP contribution < -0.4 is 13.8 Å². The van der Waals surface area contributed by atoms with Crippen molar-refractivity contribution in [1.82, 2.24) is 4.90 Å². The van der Waals surface area contributed by atoms with E-state index in [1.807, 2.05) is 40.7 Å². The third kappa shape index (κ3) is 8.45. The molecule has 40 heavy (non-hydrogen) atoms. The van der Waals surface area contributed by atoms with Crippen molar-refractivity contribution in [2.75, 3.05) is 25.1 Å². The molecule has 0 aliphatic heterocycles. The Bertz CT molecular complexity index is 1380. The first-order valence-electron chi connectivity index (χ1n) is 13.3. The van der Waals surface area contributed by atoms with Gasteiger partial charge in [-0.15, -0.1) is 0 Å². The second-order valence-corrected chi connectivity index (χ2v) is 12.3. The summed E-state index contributed by atoms with van der Waals surface area (Å²) in [7, 11) is -2.68. The average Bonchev–Trinajstić information content (AvgIpc) is 2.90. The third-order valence-electron chi connectivity index (χ3n) is 6.41. The molecule has 1 amide bonds. The van der Waals surface area contributed by atoms with Crippen LogP contribution in [0.1, 0.15) is 52.2 Å². The molecule has 9 heteroatoms. The van der Waals surface area contributed by atoms with Crippen LogP contribution in [0.15, 0.2) is 71.6 Å². The van der Waals surface area contributed by atoms with Gasteiger partial charge in [0.15, 0.2) is 0 Å². The summed E-state index contributed by atoms with van der Waals surface area (Å²) in [4.78, 5) is 17.2. The Hall–Kier alpha value is -3.59. The summed E-state index contributed by atoms with van der Waals surface area (Å²) in [5.41, 5.74) is 1.84. The number of hydrogen-bond acceptors (Lipinski definition) is 6. The summed E-state index contributed by atoms with van der Waals surface area (Å²) in [6.07, 6.45) is 0.284. The van der Waals surface area contributed by atoms with Gasteiger partial charge in [0, 0.05) is 49.9 Å². The molecule has 0 aromatic heterocycles. The minimum atomic E-state index is -4.18. The molecule has 0 atom stereocenters. The fourth-order valence-electron chi connectivity index (χ4n) is 4.26. The second-order valence-electron chi connectivity index (χ2n) is 10.8. The van der Waals surface area contributed by atoms with Crippen LogP contribution in [0, 0.1) is 11.2 Å². The van der Waals surface area contributed by atoms with E-state index in [1.54, 1.807) is 41.3 Å². The molecule has 3 aromatic carbocycles. The van der Waals surface area contributed by atoms with Crippen molar-refractivity contribution in [3.8, 4) is 11.5 Å². The van der Waals surface area contributed by atoms with Crippen molar-refractivity contribution in [2.24, 2.45) is 5.41 Å². The zero-order chi connectivity index (χ0) is 29.5. The Morgan fingerprint density at radius 2 is 1.52 bits per heavy atom. The van der Waals surface area contributed by atoms with Crippen LogP contribution in [0.4, 0.5) is 10.1 Å². The number of anilines is 1. The molecule has 0 spiro atoms. The van der Waals surface area contributed by atoms with Crippen LogP contribution in [0.3, 0.4) is 0 Å². The lowest BCUT2D eigenvalue weighted by atomic mass is 9.91. The average molecular weight is 571 g/mol. The number of hydrogen-bond donors (Lipinski definition) is 0.